The Kier molecular flexibility index (Phi) is 5.86. The van der Waals surface area contributed by atoms with Crippen molar-refractivity contribution < 1.29 is 4.79 Å². The van der Waals surface area contributed by atoms with Gasteiger partial charge in [-0.2, -0.15) is 5.10 Å². The van der Waals surface area contributed by atoms with Crippen molar-refractivity contribution in [2.24, 2.45) is 0 Å². The van der Waals surface area contributed by atoms with E-state index in [9.17, 15) is 4.79 Å². The van der Waals surface area contributed by atoms with Gasteiger partial charge in [0.1, 0.15) is 0 Å². The second kappa shape index (κ2) is 7.51. The van der Waals surface area contributed by atoms with E-state index >= 15 is 0 Å². The summed E-state index contributed by atoms with van der Waals surface area (Å²) in [6.45, 7) is 10.6. The SMILES string of the molecule is CC(CC(C)(C)c1ccccc1)NC(=O)c1n[nH]c(C(C)C)c1Br. The minimum absolute atomic E-state index is 0.0140. The van der Waals surface area contributed by atoms with Crippen LogP contribution < -0.4 is 5.32 Å². The van der Waals surface area contributed by atoms with E-state index in [0.29, 0.717) is 5.69 Å². The lowest BCUT2D eigenvalue weighted by Gasteiger charge is -2.29. The molecule has 1 amide bonds. The van der Waals surface area contributed by atoms with Gasteiger partial charge in [-0.25, -0.2) is 0 Å². The number of nitrogens with zero attached hydrogens (tertiary/aromatic N) is 1. The summed E-state index contributed by atoms with van der Waals surface area (Å²) in [4.78, 5) is 12.5. The fourth-order valence-electron chi connectivity index (χ4n) is 2.99. The normalized spacial score (nSPS) is 13.1. The first kappa shape index (κ1) is 18.7. The minimum atomic E-state index is -0.151. The van der Waals surface area contributed by atoms with Gasteiger partial charge >= 0.3 is 0 Å². The molecule has 0 aliphatic heterocycles. The number of halogens is 1. The average Bonchev–Trinajstić information content (AvgIpc) is 2.89. The standard InChI is InChI=1S/C19H26BrN3O/c1-12(2)16-15(20)17(23-22-16)18(24)21-13(3)11-19(4,5)14-9-7-6-8-10-14/h6-10,12-13H,11H2,1-5H3,(H,21,24)(H,22,23). The molecule has 2 aromatic rings. The summed E-state index contributed by atoms with van der Waals surface area (Å²) < 4.78 is 0.754. The van der Waals surface area contributed by atoms with E-state index in [1.165, 1.54) is 5.56 Å². The number of carbonyl (C=O) groups excluding carboxylic acids is 1. The van der Waals surface area contributed by atoms with Gasteiger partial charge in [-0.1, -0.05) is 58.0 Å². The number of carbonyl (C=O) groups is 1. The van der Waals surface area contributed by atoms with Crippen LogP contribution >= 0.6 is 15.9 Å². The van der Waals surface area contributed by atoms with Crippen LogP contribution in [0.2, 0.25) is 0 Å². The Morgan fingerprint density at radius 1 is 1.25 bits per heavy atom. The molecule has 5 heteroatoms. The number of nitrogens with one attached hydrogen (secondary N) is 2. The number of amides is 1. The molecule has 1 unspecified atom stereocenters. The summed E-state index contributed by atoms with van der Waals surface area (Å²) >= 11 is 3.49. The maximum absolute atomic E-state index is 12.5. The van der Waals surface area contributed by atoms with Crippen LogP contribution in [0.25, 0.3) is 0 Å². The summed E-state index contributed by atoms with van der Waals surface area (Å²) in [6, 6.07) is 10.4. The lowest BCUT2D eigenvalue weighted by atomic mass is 9.79. The van der Waals surface area contributed by atoms with Gasteiger partial charge in [0.05, 0.1) is 10.2 Å². The first-order chi connectivity index (χ1) is 11.2. The van der Waals surface area contributed by atoms with Gasteiger partial charge in [-0.3, -0.25) is 9.89 Å². The highest BCUT2D eigenvalue weighted by molar-refractivity contribution is 9.10. The highest BCUT2D eigenvalue weighted by Gasteiger charge is 2.26. The van der Waals surface area contributed by atoms with Gasteiger partial charge in [-0.15, -0.1) is 0 Å². The lowest BCUT2D eigenvalue weighted by molar-refractivity contribution is 0.0928. The molecular formula is C19H26BrN3O. The number of hydrogen-bond donors (Lipinski definition) is 2. The molecule has 1 heterocycles. The summed E-state index contributed by atoms with van der Waals surface area (Å²) in [7, 11) is 0. The smallest absolute Gasteiger partial charge is 0.273 e. The van der Waals surface area contributed by atoms with Crippen LogP contribution in [0.15, 0.2) is 34.8 Å². The Hall–Kier alpha value is -1.62. The predicted molar refractivity (Wildman–Crippen MR) is 101 cm³/mol. The van der Waals surface area contributed by atoms with E-state index in [0.717, 1.165) is 16.6 Å². The average molecular weight is 392 g/mol. The Morgan fingerprint density at radius 3 is 2.42 bits per heavy atom. The van der Waals surface area contributed by atoms with Gasteiger partial charge in [0.15, 0.2) is 5.69 Å². The van der Waals surface area contributed by atoms with E-state index in [1.807, 2.05) is 13.0 Å². The zero-order chi connectivity index (χ0) is 17.9. The van der Waals surface area contributed by atoms with Crippen LogP contribution in [0, 0.1) is 0 Å². The van der Waals surface area contributed by atoms with E-state index in [2.05, 4.69) is 83.4 Å². The zero-order valence-electron chi connectivity index (χ0n) is 15.0. The molecule has 0 aliphatic rings. The molecule has 1 aromatic heterocycles. The number of aromatic nitrogens is 2. The van der Waals surface area contributed by atoms with Crippen molar-refractivity contribution >= 4 is 21.8 Å². The lowest BCUT2D eigenvalue weighted by Crippen LogP contribution is -2.37. The molecule has 0 saturated carbocycles. The van der Waals surface area contributed by atoms with Crippen molar-refractivity contribution in [1.82, 2.24) is 15.5 Å². The topological polar surface area (TPSA) is 57.8 Å². The molecule has 0 bridgehead atoms. The summed E-state index contributed by atoms with van der Waals surface area (Å²) in [5.74, 6) is 0.129. The minimum Gasteiger partial charge on any atom is -0.348 e. The Balaban J connectivity index is 2.04. The Labute approximate surface area is 152 Å². The van der Waals surface area contributed by atoms with Gasteiger partial charge < -0.3 is 5.32 Å². The molecule has 2 N–H and O–H groups in total. The zero-order valence-corrected chi connectivity index (χ0v) is 16.6. The van der Waals surface area contributed by atoms with Crippen molar-refractivity contribution in [2.75, 3.05) is 0 Å². The van der Waals surface area contributed by atoms with Crippen LogP contribution in [0.3, 0.4) is 0 Å². The van der Waals surface area contributed by atoms with Crippen LogP contribution in [0.4, 0.5) is 0 Å². The number of rotatable bonds is 6. The summed E-state index contributed by atoms with van der Waals surface area (Å²) in [5, 5.41) is 10.2. The predicted octanol–water partition coefficient (Wildman–Crippen LogP) is 4.78. The van der Waals surface area contributed by atoms with Crippen LogP contribution in [-0.2, 0) is 5.41 Å². The van der Waals surface area contributed by atoms with Crippen LogP contribution in [0.1, 0.15) is 68.7 Å². The summed E-state index contributed by atoms with van der Waals surface area (Å²) in [5.41, 5.74) is 2.62. The number of aromatic amines is 1. The largest absolute Gasteiger partial charge is 0.348 e. The highest BCUT2D eigenvalue weighted by atomic mass is 79.9. The first-order valence-electron chi connectivity index (χ1n) is 8.32. The van der Waals surface area contributed by atoms with Gasteiger partial charge in [-0.05, 0) is 46.2 Å². The molecule has 24 heavy (non-hydrogen) atoms. The third-order valence-electron chi connectivity index (χ3n) is 4.27. The molecule has 0 fully saturated rings. The molecule has 0 spiro atoms. The van der Waals surface area contributed by atoms with E-state index in [-0.39, 0.29) is 23.3 Å². The quantitative estimate of drug-likeness (QED) is 0.743. The molecule has 2 rings (SSSR count). The molecule has 0 saturated heterocycles. The molecule has 4 nitrogen and oxygen atoms in total. The van der Waals surface area contributed by atoms with E-state index < -0.39 is 0 Å². The molecule has 1 aromatic carbocycles. The Morgan fingerprint density at radius 2 is 1.88 bits per heavy atom. The third kappa shape index (κ3) is 4.26. The van der Waals surface area contributed by atoms with Gasteiger partial charge in [0.25, 0.3) is 5.91 Å². The van der Waals surface area contributed by atoms with Crippen LogP contribution in [0.5, 0.6) is 0 Å². The van der Waals surface area contributed by atoms with Crippen molar-refractivity contribution in [1.29, 1.82) is 0 Å². The van der Waals surface area contributed by atoms with E-state index in [1.54, 1.807) is 0 Å². The maximum Gasteiger partial charge on any atom is 0.273 e. The third-order valence-corrected chi connectivity index (χ3v) is 5.08. The summed E-state index contributed by atoms with van der Waals surface area (Å²) in [6.07, 6.45) is 0.849. The second-order valence-electron chi connectivity index (χ2n) is 7.28. The number of H-pyrrole nitrogens is 1. The molecule has 0 aliphatic carbocycles. The fraction of sp³-hybridized carbons (Fsp3) is 0.474. The van der Waals surface area contributed by atoms with E-state index in [4.69, 9.17) is 0 Å². The monoisotopic (exact) mass is 391 g/mol. The number of hydrogen-bond acceptors (Lipinski definition) is 2. The van der Waals surface area contributed by atoms with Crippen molar-refractivity contribution in [3.8, 4) is 0 Å². The molecule has 1 atom stereocenters. The van der Waals surface area contributed by atoms with Gasteiger partial charge in [0, 0.05) is 6.04 Å². The fourth-order valence-corrected chi connectivity index (χ4v) is 3.81. The van der Waals surface area contributed by atoms with Crippen molar-refractivity contribution in [3.05, 3.63) is 51.8 Å². The highest BCUT2D eigenvalue weighted by Crippen LogP contribution is 2.29. The van der Waals surface area contributed by atoms with Gasteiger partial charge in [0.2, 0.25) is 0 Å². The molecule has 0 radical (unpaired) electrons. The van der Waals surface area contributed by atoms with Crippen molar-refractivity contribution in [3.63, 3.8) is 0 Å². The molecule has 130 valence electrons. The second-order valence-corrected chi connectivity index (χ2v) is 8.08. The Bertz CT molecular complexity index is 692. The first-order valence-corrected chi connectivity index (χ1v) is 9.12. The van der Waals surface area contributed by atoms with Crippen molar-refractivity contribution in [2.45, 2.75) is 58.4 Å². The number of benzene rings is 1. The van der Waals surface area contributed by atoms with Crippen LogP contribution in [-0.4, -0.2) is 22.1 Å². The molecular weight excluding hydrogens is 366 g/mol. The maximum atomic E-state index is 12.5.